The third kappa shape index (κ3) is 2.46. The summed E-state index contributed by atoms with van der Waals surface area (Å²) in [6.45, 7) is 0. The molecule has 12 nitrogen and oxygen atoms in total. The second-order valence-corrected chi connectivity index (χ2v) is 1.56. The highest BCUT2D eigenvalue weighted by Crippen LogP contribution is 2.02. The van der Waals surface area contributed by atoms with Crippen molar-refractivity contribution in [2.75, 3.05) is 0 Å². The van der Waals surface area contributed by atoms with E-state index in [-0.39, 0.29) is 0 Å². The van der Waals surface area contributed by atoms with Crippen molar-refractivity contribution in [1.29, 1.82) is 0 Å². The van der Waals surface area contributed by atoms with Crippen molar-refractivity contribution < 1.29 is 25.7 Å². The topological polar surface area (TPSA) is 162 Å². The molecule has 0 aromatic rings. The average Bonchev–Trinajstić information content (AvgIpc) is 2.16. The smallest absolute Gasteiger partial charge is 0.359 e. The molecule has 0 rings (SSSR count). The van der Waals surface area contributed by atoms with Gasteiger partial charge in [0.1, 0.15) is 0 Å². The Morgan fingerprint density at radius 3 is 1.77 bits per heavy atom. The zero-order valence-electron chi connectivity index (χ0n) is 5.87. The standard InChI is InChI=1S/CH4N6O6/c8-2-5(11)1(6(12)3-9)7(13)4-10/h1,11-13H/p+1. The van der Waals surface area contributed by atoms with Crippen LogP contribution >= 0.6 is 0 Å². The van der Waals surface area contributed by atoms with Crippen LogP contribution in [-0.2, 0) is 0 Å². The van der Waals surface area contributed by atoms with E-state index in [2.05, 4.69) is 0 Å². The molecule has 0 bridgehead atoms. The van der Waals surface area contributed by atoms with Crippen LogP contribution in [0.1, 0.15) is 0 Å². The number of rotatable bonds is 5. The largest absolute Gasteiger partial charge is 0.468 e. The first-order valence-corrected chi connectivity index (χ1v) is 2.54. The van der Waals surface area contributed by atoms with Crippen molar-refractivity contribution in [2.24, 2.45) is 15.8 Å². The minimum atomic E-state index is -2.28. The molecule has 0 aromatic heterocycles. The Morgan fingerprint density at radius 2 is 1.54 bits per heavy atom. The second kappa shape index (κ2) is 4.73. The molecule has 0 spiro atoms. The maximum Gasteiger partial charge on any atom is 0.468 e. The van der Waals surface area contributed by atoms with Crippen molar-refractivity contribution in [1.82, 2.24) is 10.3 Å². The van der Waals surface area contributed by atoms with Crippen LogP contribution in [0.3, 0.4) is 0 Å². The minimum Gasteiger partial charge on any atom is -0.359 e. The number of hydrogen-bond donors (Lipinski definition) is 4. The molecular formula is CH5N6O6+. The number of nitrogens with zero attached hydrogens (tertiary/aromatic N) is 6. The van der Waals surface area contributed by atoms with Crippen LogP contribution in [0.5, 0.6) is 0 Å². The Bertz CT molecular complexity index is 201. The van der Waals surface area contributed by atoms with E-state index >= 15 is 0 Å². The first-order valence-electron chi connectivity index (χ1n) is 2.54. The van der Waals surface area contributed by atoms with Gasteiger partial charge in [-0.2, -0.15) is 0 Å². The molecule has 74 valence electrons. The molecular weight excluding hydrogens is 192 g/mol. The number of nitroso groups, excluding NO2 is 2. The Labute approximate surface area is 69.2 Å². The summed E-state index contributed by atoms with van der Waals surface area (Å²) < 4.78 is 0. The van der Waals surface area contributed by atoms with Crippen LogP contribution in [-0.4, -0.2) is 42.3 Å². The van der Waals surface area contributed by atoms with Crippen LogP contribution in [0.15, 0.2) is 15.8 Å². The summed E-state index contributed by atoms with van der Waals surface area (Å²) in [6.07, 6.45) is -2.28. The zero-order valence-corrected chi connectivity index (χ0v) is 5.87. The Morgan fingerprint density at radius 1 is 1.15 bits per heavy atom. The molecule has 0 saturated carbocycles. The van der Waals surface area contributed by atoms with Crippen LogP contribution < -0.4 is 0 Å². The highest BCUT2D eigenvalue weighted by Gasteiger charge is 2.39. The van der Waals surface area contributed by atoms with E-state index in [0.29, 0.717) is 0 Å². The van der Waals surface area contributed by atoms with Crippen LogP contribution in [0.2, 0.25) is 0 Å². The normalized spacial score (nSPS) is 11.2. The van der Waals surface area contributed by atoms with Crippen molar-refractivity contribution in [2.45, 2.75) is 6.29 Å². The number of hydroxylamine groups is 3. The fraction of sp³-hybridized carbons (Fsp3) is 1.00. The van der Waals surface area contributed by atoms with Gasteiger partial charge < -0.3 is 5.21 Å². The van der Waals surface area contributed by atoms with Crippen molar-refractivity contribution in [3.8, 4) is 0 Å². The maximum atomic E-state index is 9.67. The van der Waals surface area contributed by atoms with E-state index < -0.39 is 21.5 Å². The van der Waals surface area contributed by atoms with E-state index in [1.165, 1.54) is 0 Å². The molecule has 12 heteroatoms. The predicted octanol–water partition coefficient (Wildman–Crippen LogP) is -0.742. The Balaban J connectivity index is 4.73. The zero-order chi connectivity index (χ0) is 10.4. The lowest BCUT2D eigenvalue weighted by molar-refractivity contribution is -0.896. The third-order valence-electron chi connectivity index (χ3n) is 0.879. The highest BCUT2D eigenvalue weighted by molar-refractivity contribution is 4.35. The number of hydrogen-bond acceptors (Lipinski definition) is 7. The van der Waals surface area contributed by atoms with E-state index in [1.807, 2.05) is 5.28 Å². The van der Waals surface area contributed by atoms with E-state index in [0.717, 1.165) is 0 Å². The first kappa shape index (κ1) is 10.9. The SMILES string of the molecule is O=NN(O)C(N(O)N=O)/[N+](O)=N/O. The lowest BCUT2D eigenvalue weighted by Crippen LogP contribution is -2.46. The molecule has 0 radical (unpaired) electrons. The van der Waals surface area contributed by atoms with Gasteiger partial charge in [-0.05, 0) is 10.3 Å². The molecule has 0 aliphatic carbocycles. The second-order valence-electron chi connectivity index (χ2n) is 1.56. The minimum absolute atomic E-state index is 0.553. The van der Waals surface area contributed by atoms with Gasteiger partial charge in [-0.25, -0.2) is 0 Å². The lowest BCUT2D eigenvalue weighted by Gasteiger charge is -2.12. The lowest BCUT2D eigenvalue weighted by atomic mass is 10.9. The van der Waals surface area contributed by atoms with Crippen molar-refractivity contribution >= 4 is 0 Å². The monoisotopic (exact) mass is 197 g/mol. The van der Waals surface area contributed by atoms with Crippen LogP contribution in [0, 0.1) is 9.81 Å². The summed E-state index contributed by atoms with van der Waals surface area (Å²) in [5.74, 6) is 0. The van der Waals surface area contributed by atoms with Gasteiger partial charge in [0.15, 0.2) is 4.86 Å². The molecule has 0 aliphatic rings. The average molecular weight is 197 g/mol. The quantitative estimate of drug-likeness (QED) is 0.147. The molecule has 4 N–H and O–H groups in total. The fourth-order valence-corrected chi connectivity index (χ4v) is 0.408. The van der Waals surface area contributed by atoms with Crippen molar-refractivity contribution in [3.05, 3.63) is 9.81 Å². The first-order chi connectivity index (χ1) is 6.08. The van der Waals surface area contributed by atoms with E-state index in [9.17, 15) is 9.81 Å². The van der Waals surface area contributed by atoms with Crippen molar-refractivity contribution in [3.63, 3.8) is 0 Å². The molecule has 0 aliphatic heterocycles. The van der Waals surface area contributed by atoms with Gasteiger partial charge in [-0.3, -0.25) is 15.6 Å². The Hall–Kier alpha value is -2.08. The van der Waals surface area contributed by atoms with Crippen LogP contribution in [0.4, 0.5) is 0 Å². The molecule has 0 atom stereocenters. The molecule has 0 aromatic carbocycles. The van der Waals surface area contributed by atoms with E-state index in [1.54, 1.807) is 10.6 Å². The van der Waals surface area contributed by atoms with Gasteiger partial charge in [-0.15, -0.1) is 9.81 Å². The van der Waals surface area contributed by atoms with Gasteiger partial charge in [0, 0.05) is 0 Å². The third-order valence-corrected chi connectivity index (χ3v) is 0.879. The van der Waals surface area contributed by atoms with E-state index in [4.69, 9.17) is 20.8 Å². The molecule has 0 heterocycles. The summed E-state index contributed by atoms with van der Waals surface area (Å²) in [6, 6.07) is 0. The van der Waals surface area contributed by atoms with Gasteiger partial charge in [0.2, 0.25) is 5.28 Å². The van der Waals surface area contributed by atoms with Gasteiger partial charge in [0.05, 0.1) is 10.6 Å². The molecule has 0 amide bonds. The van der Waals surface area contributed by atoms with Gasteiger partial charge in [-0.1, -0.05) is 0 Å². The molecule has 0 saturated heterocycles. The fourth-order valence-electron chi connectivity index (χ4n) is 0.408. The summed E-state index contributed by atoms with van der Waals surface area (Å²) in [5.41, 5.74) is 0. The van der Waals surface area contributed by atoms with Gasteiger partial charge in [0.25, 0.3) is 0 Å². The molecule has 0 unspecified atom stereocenters. The molecule has 0 fully saturated rings. The highest BCUT2D eigenvalue weighted by atomic mass is 16.7. The summed E-state index contributed by atoms with van der Waals surface area (Å²) in [7, 11) is 0. The summed E-state index contributed by atoms with van der Waals surface area (Å²) >= 11 is 0. The molecule has 13 heavy (non-hydrogen) atoms. The Kier molecular flexibility index (Phi) is 3.97. The van der Waals surface area contributed by atoms with Crippen LogP contribution in [0.25, 0.3) is 0 Å². The summed E-state index contributed by atoms with van der Waals surface area (Å²) in [5, 5.41) is 37.8. The maximum absolute atomic E-state index is 9.67. The predicted molar refractivity (Wildman–Crippen MR) is 28.9 cm³/mol. The van der Waals surface area contributed by atoms with Gasteiger partial charge >= 0.3 is 6.29 Å². The summed E-state index contributed by atoms with van der Waals surface area (Å²) in [4.78, 5) is 18.8.